The van der Waals surface area contributed by atoms with Gasteiger partial charge in [-0.05, 0) is 43.1 Å². The molecule has 0 aliphatic carbocycles. The summed E-state index contributed by atoms with van der Waals surface area (Å²) in [6.45, 7) is 2.17. The van der Waals surface area contributed by atoms with Crippen molar-refractivity contribution in [2.24, 2.45) is 0 Å². The minimum Gasteiger partial charge on any atom is -0.313 e. The number of likely N-dealkylation sites (N-methyl/N-ethyl adjacent to an activating group) is 1. The van der Waals surface area contributed by atoms with E-state index in [1.165, 1.54) is 16.7 Å². The van der Waals surface area contributed by atoms with Gasteiger partial charge in [0.15, 0.2) is 0 Å². The normalized spacial score (nSPS) is 12.4. The first-order valence-corrected chi connectivity index (χ1v) is 6.98. The molecule has 2 aromatic carbocycles. The standard InChI is InChI=1S/C16H18BrN/c1-12-7-3-4-8-13(12)11-16(18-2)14-9-5-6-10-15(14)17/h3-10,16,18H,11H2,1-2H3. The molecule has 2 aromatic rings. The van der Waals surface area contributed by atoms with E-state index < -0.39 is 0 Å². The van der Waals surface area contributed by atoms with Crippen LogP contribution in [-0.2, 0) is 6.42 Å². The molecule has 1 atom stereocenters. The predicted molar refractivity (Wildman–Crippen MR) is 80.8 cm³/mol. The third-order valence-electron chi connectivity index (χ3n) is 3.31. The fraction of sp³-hybridized carbons (Fsp3) is 0.250. The Morgan fingerprint density at radius 1 is 1.06 bits per heavy atom. The summed E-state index contributed by atoms with van der Waals surface area (Å²) in [5.41, 5.74) is 4.06. The molecule has 2 heteroatoms. The van der Waals surface area contributed by atoms with Gasteiger partial charge in [-0.1, -0.05) is 58.4 Å². The molecule has 0 saturated heterocycles. The van der Waals surface area contributed by atoms with Crippen molar-refractivity contribution in [3.8, 4) is 0 Å². The number of rotatable bonds is 4. The SMILES string of the molecule is CNC(Cc1ccccc1C)c1ccccc1Br. The number of hydrogen-bond donors (Lipinski definition) is 1. The third-order valence-corrected chi connectivity index (χ3v) is 4.04. The van der Waals surface area contributed by atoms with E-state index in [1.807, 2.05) is 13.1 Å². The second-order valence-electron chi connectivity index (χ2n) is 4.49. The van der Waals surface area contributed by atoms with Gasteiger partial charge in [-0.2, -0.15) is 0 Å². The second kappa shape index (κ2) is 6.17. The molecular weight excluding hydrogens is 286 g/mol. The van der Waals surface area contributed by atoms with E-state index in [0.29, 0.717) is 6.04 Å². The molecule has 0 heterocycles. The van der Waals surface area contributed by atoms with Gasteiger partial charge < -0.3 is 5.32 Å². The number of hydrogen-bond acceptors (Lipinski definition) is 1. The summed E-state index contributed by atoms with van der Waals surface area (Å²) in [5, 5.41) is 3.40. The molecule has 94 valence electrons. The average molecular weight is 304 g/mol. The van der Waals surface area contributed by atoms with Crippen molar-refractivity contribution in [3.05, 3.63) is 69.7 Å². The van der Waals surface area contributed by atoms with Crippen molar-refractivity contribution in [3.63, 3.8) is 0 Å². The van der Waals surface area contributed by atoms with Crippen LogP contribution < -0.4 is 5.32 Å². The molecule has 2 rings (SSSR count). The second-order valence-corrected chi connectivity index (χ2v) is 5.35. The molecule has 0 fully saturated rings. The van der Waals surface area contributed by atoms with Crippen LogP contribution in [0.4, 0.5) is 0 Å². The van der Waals surface area contributed by atoms with Crippen molar-refractivity contribution in [1.29, 1.82) is 0 Å². The molecule has 1 nitrogen and oxygen atoms in total. The maximum atomic E-state index is 3.63. The van der Waals surface area contributed by atoms with Crippen molar-refractivity contribution in [2.75, 3.05) is 7.05 Å². The predicted octanol–water partition coefficient (Wildman–Crippen LogP) is 4.26. The van der Waals surface area contributed by atoms with Crippen LogP contribution >= 0.6 is 15.9 Å². The maximum Gasteiger partial charge on any atom is 0.0369 e. The molecule has 0 spiro atoms. The Bertz CT molecular complexity index is 522. The molecule has 0 saturated carbocycles. The monoisotopic (exact) mass is 303 g/mol. The van der Waals surface area contributed by atoms with Crippen LogP contribution in [0.25, 0.3) is 0 Å². The van der Waals surface area contributed by atoms with Crippen LogP contribution in [0, 0.1) is 6.92 Å². The average Bonchev–Trinajstić information content (AvgIpc) is 2.39. The van der Waals surface area contributed by atoms with E-state index in [-0.39, 0.29) is 0 Å². The lowest BCUT2D eigenvalue weighted by Gasteiger charge is -2.19. The first-order valence-electron chi connectivity index (χ1n) is 6.18. The van der Waals surface area contributed by atoms with Crippen LogP contribution in [0.3, 0.4) is 0 Å². The summed E-state index contributed by atoms with van der Waals surface area (Å²) in [7, 11) is 2.02. The highest BCUT2D eigenvalue weighted by atomic mass is 79.9. The van der Waals surface area contributed by atoms with Gasteiger partial charge in [-0.3, -0.25) is 0 Å². The van der Waals surface area contributed by atoms with Crippen molar-refractivity contribution in [1.82, 2.24) is 5.32 Å². The van der Waals surface area contributed by atoms with Gasteiger partial charge >= 0.3 is 0 Å². The molecule has 1 unspecified atom stereocenters. The maximum absolute atomic E-state index is 3.63. The first kappa shape index (κ1) is 13.3. The quantitative estimate of drug-likeness (QED) is 0.890. The lowest BCUT2D eigenvalue weighted by atomic mass is 9.96. The Kier molecular flexibility index (Phi) is 4.56. The first-order chi connectivity index (χ1) is 8.72. The molecule has 0 aromatic heterocycles. The Hall–Kier alpha value is -1.12. The van der Waals surface area contributed by atoms with Crippen molar-refractivity contribution in [2.45, 2.75) is 19.4 Å². The number of halogens is 1. The van der Waals surface area contributed by atoms with Crippen molar-refractivity contribution < 1.29 is 0 Å². The van der Waals surface area contributed by atoms with Gasteiger partial charge in [-0.25, -0.2) is 0 Å². The van der Waals surface area contributed by atoms with Gasteiger partial charge in [0.25, 0.3) is 0 Å². The Morgan fingerprint density at radius 3 is 2.39 bits per heavy atom. The van der Waals surface area contributed by atoms with Crippen LogP contribution in [0.2, 0.25) is 0 Å². The highest BCUT2D eigenvalue weighted by Crippen LogP contribution is 2.26. The summed E-state index contributed by atoms with van der Waals surface area (Å²) < 4.78 is 1.16. The van der Waals surface area contributed by atoms with Crippen LogP contribution in [0.5, 0.6) is 0 Å². The molecule has 0 aliphatic rings. The lowest BCUT2D eigenvalue weighted by Crippen LogP contribution is -2.19. The lowest BCUT2D eigenvalue weighted by molar-refractivity contribution is 0.588. The van der Waals surface area contributed by atoms with Crippen LogP contribution in [0.15, 0.2) is 53.0 Å². The molecule has 18 heavy (non-hydrogen) atoms. The van der Waals surface area contributed by atoms with E-state index in [1.54, 1.807) is 0 Å². The minimum absolute atomic E-state index is 0.335. The molecular formula is C16H18BrN. The van der Waals surface area contributed by atoms with E-state index in [9.17, 15) is 0 Å². The van der Waals surface area contributed by atoms with E-state index in [0.717, 1.165) is 10.9 Å². The number of aryl methyl sites for hydroxylation is 1. The zero-order valence-electron chi connectivity index (χ0n) is 10.8. The highest BCUT2D eigenvalue weighted by Gasteiger charge is 2.13. The van der Waals surface area contributed by atoms with E-state index in [4.69, 9.17) is 0 Å². The largest absolute Gasteiger partial charge is 0.313 e. The Morgan fingerprint density at radius 2 is 1.72 bits per heavy atom. The van der Waals surface area contributed by atoms with Crippen LogP contribution in [-0.4, -0.2) is 7.05 Å². The van der Waals surface area contributed by atoms with Gasteiger partial charge in [0.05, 0.1) is 0 Å². The molecule has 0 aliphatic heterocycles. The zero-order valence-corrected chi connectivity index (χ0v) is 12.4. The van der Waals surface area contributed by atoms with E-state index >= 15 is 0 Å². The fourth-order valence-corrected chi connectivity index (χ4v) is 2.75. The summed E-state index contributed by atoms with van der Waals surface area (Å²) >= 11 is 3.63. The van der Waals surface area contributed by atoms with Gasteiger partial charge in [-0.15, -0.1) is 0 Å². The third kappa shape index (κ3) is 3.01. The summed E-state index contributed by atoms with van der Waals surface area (Å²) in [5.74, 6) is 0. The molecule has 0 bridgehead atoms. The topological polar surface area (TPSA) is 12.0 Å². The molecule has 0 amide bonds. The Balaban J connectivity index is 2.26. The smallest absolute Gasteiger partial charge is 0.0369 e. The molecule has 0 radical (unpaired) electrons. The van der Waals surface area contributed by atoms with Gasteiger partial charge in [0.2, 0.25) is 0 Å². The number of benzene rings is 2. The fourth-order valence-electron chi connectivity index (χ4n) is 2.18. The van der Waals surface area contributed by atoms with E-state index in [2.05, 4.69) is 70.6 Å². The number of nitrogens with one attached hydrogen (secondary N) is 1. The van der Waals surface area contributed by atoms with Gasteiger partial charge in [0.1, 0.15) is 0 Å². The highest BCUT2D eigenvalue weighted by molar-refractivity contribution is 9.10. The molecule has 1 N–H and O–H groups in total. The van der Waals surface area contributed by atoms with Crippen molar-refractivity contribution >= 4 is 15.9 Å². The van der Waals surface area contributed by atoms with Crippen LogP contribution in [0.1, 0.15) is 22.7 Å². The zero-order chi connectivity index (χ0) is 13.0. The summed E-state index contributed by atoms with van der Waals surface area (Å²) in [6, 6.07) is 17.3. The minimum atomic E-state index is 0.335. The summed E-state index contributed by atoms with van der Waals surface area (Å²) in [4.78, 5) is 0. The van der Waals surface area contributed by atoms with Gasteiger partial charge in [0, 0.05) is 10.5 Å². The Labute approximate surface area is 117 Å². The summed E-state index contributed by atoms with van der Waals surface area (Å²) in [6.07, 6.45) is 1.01.